The van der Waals surface area contributed by atoms with Crippen LogP contribution in [0.25, 0.3) is 0 Å². The normalized spacial score (nSPS) is 26.6. The number of nitrogens with two attached hydrogens (primary N) is 1. The standard InChI is InChI=1S/C71H86F2N6O19/c1-4-45(3)79(70(87)92-42-50-28-18-9-19-29-50)36-52-31-33-54(78-69(86)91-41-49-26-16-8-17-27-49)65(94-52)96-59-44(2)34-55(76-63(83)62(71(72,73)43-74)88-38-46-20-10-5-11-21-46)57(81)61(59)98-66-58(82)60(56(37-80)95-66)97-64-53(77-68(85)90-40-48-24-14-7-15-25-48)32-30-51(93-64)35-75-67(84)89-39-47-22-12-6-13-23-47/h5-33,44-45,51-62,64-66,80-82H,4,34-43,74H2,1-3H3,(H,75,84)(H,76,83)(H,77,85)(H,78,86). The molecule has 25 nitrogen and oxygen atoms in total. The fraction of sp³-hybridized carbons (Fsp3) is 0.451. The zero-order valence-electron chi connectivity index (χ0n) is 54.5. The van der Waals surface area contributed by atoms with Crippen LogP contribution < -0.4 is 27.0 Å². The van der Waals surface area contributed by atoms with Crippen molar-refractivity contribution in [1.29, 1.82) is 0 Å². The van der Waals surface area contributed by atoms with Gasteiger partial charge in [-0.2, -0.15) is 0 Å². The number of hydrogen-bond acceptors (Lipinski definition) is 20. The molecule has 98 heavy (non-hydrogen) atoms. The molecule has 5 amide bonds. The molecule has 9 N–H and O–H groups in total. The molecule has 0 spiro atoms. The molecule has 1 saturated carbocycles. The van der Waals surface area contributed by atoms with E-state index in [1.165, 1.54) is 11.0 Å². The first-order chi connectivity index (χ1) is 47.4. The molecular formula is C71H86F2N6O19. The lowest BCUT2D eigenvalue weighted by Gasteiger charge is -2.47. The van der Waals surface area contributed by atoms with Crippen LogP contribution in [-0.2, 0) is 89.9 Å². The number of halogens is 2. The number of nitrogens with one attached hydrogen (secondary N) is 4. The van der Waals surface area contributed by atoms with E-state index in [0.29, 0.717) is 23.1 Å². The molecule has 1 aliphatic carbocycles. The predicted octanol–water partition coefficient (Wildman–Crippen LogP) is 6.80. The van der Waals surface area contributed by atoms with Gasteiger partial charge in [-0.15, -0.1) is 0 Å². The Morgan fingerprint density at radius 1 is 0.582 bits per heavy atom. The first-order valence-corrected chi connectivity index (χ1v) is 32.5. The van der Waals surface area contributed by atoms with Crippen LogP contribution in [0.4, 0.5) is 28.0 Å². The van der Waals surface area contributed by atoms with Crippen LogP contribution >= 0.6 is 0 Å². The van der Waals surface area contributed by atoms with Crippen LogP contribution in [-0.4, -0.2) is 181 Å². The second-order valence-electron chi connectivity index (χ2n) is 24.2. The number of amides is 5. The van der Waals surface area contributed by atoms with E-state index in [9.17, 15) is 39.3 Å². The number of alkyl halides is 2. The number of nitrogens with zero attached hydrogens (tertiary/aromatic N) is 1. The summed E-state index contributed by atoms with van der Waals surface area (Å²) in [6.45, 7) is 2.33. The summed E-state index contributed by atoms with van der Waals surface area (Å²) in [6.07, 6.45) is -15.7. The first-order valence-electron chi connectivity index (χ1n) is 32.5. The van der Waals surface area contributed by atoms with Gasteiger partial charge in [-0.25, -0.2) is 28.0 Å². The fourth-order valence-electron chi connectivity index (χ4n) is 11.4. The Morgan fingerprint density at radius 3 is 1.52 bits per heavy atom. The maximum atomic E-state index is 15.8. The smallest absolute Gasteiger partial charge is 0.410 e. The summed E-state index contributed by atoms with van der Waals surface area (Å²) in [7, 11) is 0. The summed E-state index contributed by atoms with van der Waals surface area (Å²) in [5.74, 6) is -6.11. The van der Waals surface area contributed by atoms with Gasteiger partial charge < -0.3 is 99.3 Å². The lowest BCUT2D eigenvalue weighted by Crippen LogP contribution is -2.64. The molecule has 17 atom stereocenters. The van der Waals surface area contributed by atoms with Gasteiger partial charge in [-0.3, -0.25) is 4.79 Å². The van der Waals surface area contributed by atoms with E-state index in [4.69, 9.17) is 57.8 Å². The van der Waals surface area contributed by atoms with E-state index in [2.05, 4.69) is 21.3 Å². The molecule has 2 fully saturated rings. The van der Waals surface area contributed by atoms with E-state index >= 15 is 8.78 Å². The highest BCUT2D eigenvalue weighted by atomic mass is 19.3. The predicted molar refractivity (Wildman–Crippen MR) is 348 cm³/mol. The Bertz CT molecular complexity index is 3360. The van der Waals surface area contributed by atoms with Gasteiger partial charge in [-0.1, -0.05) is 190 Å². The monoisotopic (exact) mass is 1360 g/mol. The van der Waals surface area contributed by atoms with Gasteiger partial charge in [0.05, 0.1) is 57.2 Å². The highest BCUT2D eigenvalue weighted by molar-refractivity contribution is 5.82. The van der Waals surface area contributed by atoms with E-state index in [1.807, 2.05) is 56.3 Å². The number of ether oxygens (including phenoxy) is 11. The van der Waals surface area contributed by atoms with E-state index in [-0.39, 0.29) is 52.0 Å². The van der Waals surface area contributed by atoms with E-state index in [0.717, 1.165) is 11.1 Å². The summed E-state index contributed by atoms with van der Waals surface area (Å²) < 4.78 is 98.6. The lowest BCUT2D eigenvalue weighted by atomic mass is 9.79. The van der Waals surface area contributed by atoms with Crippen LogP contribution in [0.3, 0.4) is 0 Å². The molecule has 4 aliphatic rings. The van der Waals surface area contributed by atoms with Gasteiger partial charge in [-0.05, 0) is 53.5 Å². The van der Waals surface area contributed by atoms with Crippen LogP contribution in [0, 0.1) is 5.92 Å². The second-order valence-corrected chi connectivity index (χ2v) is 24.2. The minimum Gasteiger partial charge on any atom is -0.445 e. The van der Waals surface area contributed by atoms with Gasteiger partial charge in [0, 0.05) is 6.04 Å². The van der Waals surface area contributed by atoms with Gasteiger partial charge in [0.2, 0.25) is 6.10 Å². The Kier molecular flexibility index (Phi) is 27.4. The maximum Gasteiger partial charge on any atom is 0.410 e. The lowest BCUT2D eigenvalue weighted by molar-refractivity contribution is -0.287. The highest BCUT2D eigenvalue weighted by Gasteiger charge is 2.54. The van der Waals surface area contributed by atoms with Crippen molar-refractivity contribution in [2.24, 2.45) is 11.7 Å². The maximum absolute atomic E-state index is 15.8. The zero-order valence-corrected chi connectivity index (χ0v) is 54.5. The average Bonchev–Trinajstić information content (AvgIpc) is 1.35. The van der Waals surface area contributed by atoms with Crippen molar-refractivity contribution in [3.63, 3.8) is 0 Å². The number of alkyl carbamates (subject to hydrolysis) is 3. The van der Waals surface area contributed by atoms with Crippen LogP contribution in [0.2, 0.25) is 0 Å². The summed E-state index contributed by atoms with van der Waals surface area (Å²) in [5.41, 5.74) is 8.89. The van der Waals surface area contributed by atoms with Crippen LogP contribution in [0.15, 0.2) is 176 Å². The molecule has 0 aromatic heterocycles. The summed E-state index contributed by atoms with van der Waals surface area (Å²) >= 11 is 0. The Labute approximate surface area is 566 Å². The fourth-order valence-corrected chi connectivity index (χ4v) is 11.4. The molecule has 0 radical (unpaired) electrons. The highest BCUT2D eigenvalue weighted by Crippen LogP contribution is 2.37. The number of aliphatic hydroxyl groups excluding tert-OH is 3. The minimum absolute atomic E-state index is 0.0210. The Balaban J connectivity index is 0.988. The van der Waals surface area contributed by atoms with E-state index < -0.39 is 154 Å². The van der Waals surface area contributed by atoms with E-state index in [1.54, 1.807) is 134 Å². The largest absolute Gasteiger partial charge is 0.445 e. The van der Waals surface area contributed by atoms with Gasteiger partial charge in [0.15, 0.2) is 18.9 Å². The first kappa shape index (κ1) is 73.8. The van der Waals surface area contributed by atoms with Gasteiger partial charge >= 0.3 is 24.4 Å². The number of hydrogen-bond donors (Lipinski definition) is 8. The van der Waals surface area contributed by atoms with Crippen molar-refractivity contribution in [3.8, 4) is 0 Å². The molecule has 27 heteroatoms. The molecule has 5 aromatic carbocycles. The molecule has 528 valence electrons. The molecule has 0 bridgehead atoms. The van der Waals surface area contributed by atoms with Crippen molar-refractivity contribution >= 4 is 30.3 Å². The van der Waals surface area contributed by atoms with Gasteiger partial charge in [0.1, 0.15) is 69.0 Å². The SMILES string of the molecule is CCC(C)N(CC1C=CC(NC(=O)OCc2ccccc2)C(OC2C(C)CC(NC(=O)C(OCc3ccccc3)C(F)(F)CN)C(O)C2OC2OC(CO)C(OC3OC(CNC(=O)OCc4ccccc4)C=CC3NC(=O)OCc3ccccc3)C2O)O1)C(=O)OCc1ccccc1. The number of aliphatic hydroxyl groups is 3. The molecule has 9 rings (SSSR count). The summed E-state index contributed by atoms with van der Waals surface area (Å²) in [4.78, 5) is 69.8. The summed E-state index contributed by atoms with van der Waals surface area (Å²) in [6, 6.07) is 40.1. The molecule has 1 saturated heterocycles. The third-order valence-electron chi connectivity index (χ3n) is 16.9. The molecular weight excluding hydrogens is 1280 g/mol. The molecule has 17 unspecified atom stereocenters. The second kappa shape index (κ2) is 36.4. The number of carbonyl (C=O) groups excluding carboxylic acids is 5. The minimum atomic E-state index is -3.92. The topological polar surface area (TPSA) is 325 Å². The number of benzene rings is 5. The van der Waals surface area contributed by atoms with Crippen molar-refractivity contribution < 1.29 is 100 Å². The average molecular weight is 1370 g/mol. The molecule has 5 aromatic rings. The van der Waals surface area contributed by atoms with Crippen molar-refractivity contribution in [1.82, 2.24) is 26.2 Å². The third kappa shape index (κ3) is 21.0. The van der Waals surface area contributed by atoms with Crippen molar-refractivity contribution in [2.75, 3.05) is 26.2 Å². The number of rotatable bonds is 30. The Hall–Kier alpha value is -8.45. The van der Waals surface area contributed by atoms with Crippen molar-refractivity contribution in [3.05, 3.63) is 204 Å². The number of carbonyl (C=O) groups is 5. The van der Waals surface area contributed by atoms with Gasteiger partial charge in [0.25, 0.3) is 11.8 Å². The molecule has 3 aliphatic heterocycles. The zero-order chi connectivity index (χ0) is 69.6. The van der Waals surface area contributed by atoms with Crippen LogP contribution in [0.5, 0.6) is 0 Å². The molecule has 3 heterocycles. The quantitative estimate of drug-likeness (QED) is 0.0173. The third-order valence-corrected chi connectivity index (χ3v) is 16.9. The van der Waals surface area contributed by atoms with Crippen LogP contribution in [0.1, 0.15) is 61.4 Å². The Morgan fingerprint density at radius 2 is 1.03 bits per heavy atom. The summed E-state index contributed by atoms with van der Waals surface area (Å²) in [5, 5.41) is 46.8. The van der Waals surface area contributed by atoms with Crippen molar-refractivity contribution in [2.45, 2.75) is 171 Å².